The average molecular weight is 434 g/mol. The summed E-state index contributed by atoms with van der Waals surface area (Å²) in [7, 11) is -2.62. The van der Waals surface area contributed by atoms with Crippen molar-refractivity contribution >= 4 is 25.7 Å². The molecule has 0 spiro atoms. The molecule has 2 aromatic carbocycles. The van der Waals surface area contributed by atoms with Crippen molar-refractivity contribution in [2.45, 2.75) is 32.2 Å². The zero-order chi connectivity index (χ0) is 20.0. The topological polar surface area (TPSA) is 18.5 Å². The van der Waals surface area contributed by atoms with Crippen molar-refractivity contribution in [3.8, 4) is 0 Å². The normalized spacial score (nSPS) is 12.5. The van der Waals surface area contributed by atoms with E-state index in [0.29, 0.717) is 13.0 Å². The summed E-state index contributed by atoms with van der Waals surface area (Å²) < 4.78 is 48.1. The van der Waals surface area contributed by atoms with E-state index in [4.69, 9.17) is 9.16 Å². The second-order valence-electron chi connectivity index (χ2n) is 7.65. The van der Waals surface area contributed by atoms with Crippen LogP contribution in [0.3, 0.4) is 0 Å². The van der Waals surface area contributed by atoms with Gasteiger partial charge >= 0.3 is 58.4 Å². The van der Waals surface area contributed by atoms with Crippen LogP contribution in [-0.4, -0.2) is 35.0 Å². The molecule has 0 fully saturated rings. The van der Waals surface area contributed by atoms with Crippen molar-refractivity contribution < 1.29 is 73.5 Å². The molecule has 0 aromatic heterocycles. The third kappa shape index (κ3) is 7.09. The van der Waals surface area contributed by atoms with Gasteiger partial charge in [0.05, 0.1) is 0 Å². The van der Waals surface area contributed by atoms with Crippen molar-refractivity contribution in [3.63, 3.8) is 0 Å². The molecule has 0 radical (unpaired) electrons. The van der Waals surface area contributed by atoms with Gasteiger partial charge in [-0.25, -0.2) is 0 Å². The third-order valence-electron chi connectivity index (χ3n) is 4.48. The van der Waals surface area contributed by atoms with E-state index in [2.05, 4.69) is 45.0 Å². The molecule has 2 aromatic rings. The van der Waals surface area contributed by atoms with Crippen LogP contribution >= 0.6 is 0 Å². The molecule has 0 amide bonds. The van der Waals surface area contributed by atoms with Gasteiger partial charge in [-0.15, -0.1) is 0 Å². The molecular formula is C20H27BF3KO2Si. The summed E-state index contributed by atoms with van der Waals surface area (Å²) in [5, 5.41) is 2.16. The number of benzene rings is 2. The summed E-state index contributed by atoms with van der Waals surface area (Å²) in [6, 6.07) is 20.3. The molecule has 8 heteroatoms. The third-order valence-corrected chi connectivity index (χ3v) is 9.52. The molecule has 0 saturated carbocycles. The Morgan fingerprint density at radius 3 is 1.68 bits per heavy atom. The second kappa shape index (κ2) is 11.5. The van der Waals surface area contributed by atoms with Crippen molar-refractivity contribution in [1.82, 2.24) is 0 Å². The summed E-state index contributed by atoms with van der Waals surface area (Å²) in [5.74, 6) is 0. The van der Waals surface area contributed by atoms with E-state index in [1.165, 1.54) is 0 Å². The molecule has 2 nitrogen and oxygen atoms in total. The Kier molecular flexibility index (Phi) is 10.7. The van der Waals surface area contributed by atoms with Gasteiger partial charge in [0.1, 0.15) is 0 Å². The van der Waals surface area contributed by atoms with Crippen LogP contribution in [0.15, 0.2) is 60.7 Å². The van der Waals surface area contributed by atoms with E-state index < -0.39 is 21.8 Å². The minimum atomic E-state index is -4.90. The minimum absolute atomic E-state index is 0. The van der Waals surface area contributed by atoms with Crippen LogP contribution in [-0.2, 0) is 9.16 Å². The SMILES string of the molecule is CC(C)(C)[Si](OCCCOC[B-](F)(F)F)(c1ccccc1)c1ccccc1.[K+]. The fraction of sp³-hybridized carbons (Fsp3) is 0.400. The van der Waals surface area contributed by atoms with Crippen LogP contribution in [0.25, 0.3) is 0 Å². The van der Waals surface area contributed by atoms with Crippen molar-refractivity contribution in [1.29, 1.82) is 0 Å². The average Bonchev–Trinajstić information content (AvgIpc) is 2.61. The molecule has 0 N–H and O–H groups in total. The van der Waals surface area contributed by atoms with Gasteiger partial charge in [0, 0.05) is 19.7 Å². The number of hydrogen-bond donors (Lipinski definition) is 0. The van der Waals surface area contributed by atoms with E-state index >= 15 is 0 Å². The first-order chi connectivity index (χ1) is 12.7. The maximum atomic E-state index is 12.3. The molecule has 0 aliphatic rings. The molecule has 28 heavy (non-hydrogen) atoms. The van der Waals surface area contributed by atoms with Gasteiger partial charge in [0.2, 0.25) is 0 Å². The Balaban J connectivity index is 0.00000392. The van der Waals surface area contributed by atoms with Crippen molar-refractivity contribution in [3.05, 3.63) is 60.7 Å². The van der Waals surface area contributed by atoms with E-state index in [1.807, 2.05) is 36.4 Å². The van der Waals surface area contributed by atoms with Gasteiger partial charge in [-0.05, 0) is 21.8 Å². The minimum Gasteiger partial charge on any atom is -0.447 e. The smallest absolute Gasteiger partial charge is 0.447 e. The van der Waals surface area contributed by atoms with Gasteiger partial charge in [-0.3, -0.25) is 0 Å². The van der Waals surface area contributed by atoms with E-state index in [-0.39, 0.29) is 63.0 Å². The quantitative estimate of drug-likeness (QED) is 0.439. The van der Waals surface area contributed by atoms with Gasteiger partial charge in [0.15, 0.2) is 0 Å². The molecule has 0 aliphatic carbocycles. The Bertz CT molecular complexity index is 655. The Hall–Kier alpha value is 0.0682. The summed E-state index contributed by atoms with van der Waals surface area (Å²) in [4.78, 5) is 0. The van der Waals surface area contributed by atoms with Crippen LogP contribution in [0.2, 0.25) is 5.04 Å². The first-order valence-electron chi connectivity index (χ1n) is 9.20. The second-order valence-corrected chi connectivity index (χ2v) is 12.0. The maximum absolute atomic E-state index is 12.3. The van der Waals surface area contributed by atoms with Gasteiger partial charge in [-0.1, -0.05) is 81.4 Å². The summed E-state index contributed by atoms with van der Waals surface area (Å²) in [6.45, 7) is 0.852. The standard InChI is InChI=1S/C20H27BF3O2Si.K/c1-20(2,3)27(18-11-6-4-7-12-18,19-13-8-5-9-14-19)26-16-10-15-25-17-21(22,23)24;/h4-9,11-14H,10,15-17H2,1-3H3;/q-1;+1. The van der Waals surface area contributed by atoms with Crippen LogP contribution in [0, 0.1) is 0 Å². The first-order valence-corrected chi connectivity index (χ1v) is 11.1. The number of halogens is 3. The Morgan fingerprint density at radius 2 is 1.29 bits per heavy atom. The van der Waals surface area contributed by atoms with Crippen molar-refractivity contribution in [2.75, 3.05) is 19.7 Å². The predicted molar refractivity (Wildman–Crippen MR) is 108 cm³/mol. The summed E-state index contributed by atoms with van der Waals surface area (Å²) >= 11 is 0. The zero-order valence-electron chi connectivity index (χ0n) is 17.1. The summed E-state index contributed by atoms with van der Waals surface area (Å²) in [5.41, 5.74) is 0. The van der Waals surface area contributed by atoms with Gasteiger partial charge < -0.3 is 22.1 Å². The Morgan fingerprint density at radius 1 is 0.821 bits per heavy atom. The van der Waals surface area contributed by atoms with Crippen LogP contribution < -0.4 is 61.8 Å². The molecule has 0 saturated heterocycles. The fourth-order valence-electron chi connectivity index (χ4n) is 3.36. The van der Waals surface area contributed by atoms with Gasteiger partial charge in [-0.2, -0.15) is 0 Å². The van der Waals surface area contributed by atoms with E-state index in [9.17, 15) is 12.9 Å². The fourth-order valence-corrected chi connectivity index (χ4v) is 7.97. The predicted octanol–water partition coefficient (Wildman–Crippen LogP) is 1.36. The van der Waals surface area contributed by atoms with Crippen LogP contribution in [0.1, 0.15) is 27.2 Å². The monoisotopic (exact) mass is 434 g/mol. The first kappa shape index (κ1) is 26.1. The largest absolute Gasteiger partial charge is 1.00 e. The molecule has 0 aliphatic heterocycles. The summed E-state index contributed by atoms with van der Waals surface area (Å²) in [6.07, 6.45) is 0.427. The number of hydrogen-bond acceptors (Lipinski definition) is 2. The van der Waals surface area contributed by atoms with E-state index in [1.54, 1.807) is 0 Å². The zero-order valence-corrected chi connectivity index (χ0v) is 21.3. The molecule has 148 valence electrons. The van der Waals surface area contributed by atoms with Gasteiger partial charge in [0.25, 0.3) is 8.32 Å². The van der Waals surface area contributed by atoms with E-state index in [0.717, 1.165) is 10.4 Å². The molecule has 2 rings (SSSR count). The molecule has 0 heterocycles. The van der Waals surface area contributed by atoms with Crippen LogP contribution in [0.4, 0.5) is 12.9 Å². The number of rotatable bonds is 9. The molecule has 0 bridgehead atoms. The van der Waals surface area contributed by atoms with Crippen LogP contribution in [0.5, 0.6) is 0 Å². The number of ether oxygens (including phenoxy) is 1. The molecular weight excluding hydrogens is 407 g/mol. The Labute approximate surface area is 209 Å². The molecule has 0 atom stereocenters. The molecule has 0 unspecified atom stereocenters. The maximum Gasteiger partial charge on any atom is 1.00 e. The van der Waals surface area contributed by atoms with Crippen molar-refractivity contribution in [2.24, 2.45) is 0 Å².